The van der Waals surface area contributed by atoms with Crippen LogP contribution in [-0.2, 0) is 4.79 Å². The summed E-state index contributed by atoms with van der Waals surface area (Å²) < 4.78 is 18.6. The number of rotatable bonds is 4. The number of carbonyl (C=O) groups is 1. The minimum atomic E-state index is -0.386. The number of amides is 1. The minimum absolute atomic E-state index is 0.0356. The van der Waals surface area contributed by atoms with Crippen molar-refractivity contribution in [3.63, 3.8) is 0 Å². The van der Waals surface area contributed by atoms with Crippen LogP contribution in [0, 0.1) is 11.2 Å². The van der Waals surface area contributed by atoms with Crippen LogP contribution in [0.25, 0.3) is 0 Å². The van der Waals surface area contributed by atoms with E-state index in [1.165, 1.54) is 12.1 Å². The Morgan fingerprint density at radius 1 is 1.45 bits per heavy atom. The number of halogens is 1. The van der Waals surface area contributed by atoms with Crippen LogP contribution >= 0.6 is 0 Å². The van der Waals surface area contributed by atoms with Gasteiger partial charge in [-0.3, -0.25) is 4.79 Å². The maximum atomic E-state index is 13.2. The maximum Gasteiger partial charge on any atom is 0.230 e. The molecule has 0 spiro atoms. The number of benzene rings is 1. The summed E-state index contributed by atoms with van der Waals surface area (Å²) in [5, 5.41) is 6.12. The molecule has 0 radical (unpaired) electrons. The highest BCUT2D eigenvalue weighted by Crippen LogP contribution is 2.32. The van der Waals surface area contributed by atoms with Crippen LogP contribution in [0.3, 0.4) is 0 Å². The van der Waals surface area contributed by atoms with Crippen LogP contribution in [0.1, 0.15) is 26.7 Å². The summed E-state index contributed by atoms with van der Waals surface area (Å²) in [6.45, 7) is 5.89. The van der Waals surface area contributed by atoms with Gasteiger partial charge in [-0.1, -0.05) is 6.92 Å². The van der Waals surface area contributed by atoms with E-state index >= 15 is 0 Å². The SMILES string of the molecule is CCOc1cc(F)ccc1NC(=O)C1(C)CCNCC1. The van der Waals surface area contributed by atoms with Gasteiger partial charge in [-0.25, -0.2) is 4.39 Å². The molecule has 1 heterocycles. The minimum Gasteiger partial charge on any atom is -0.492 e. The Morgan fingerprint density at radius 3 is 2.80 bits per heavy atom. The maximum absolute atomic E-state index is 13.2. The van der Waals surface area contributed by atoms with Crippen LogP contribution in [0.4, 0.5) is 10.1 Å². The summed E-state index contributed by atoms with van der Waals surface area (Å²) in [6.07, 6.45) is 1.59. The Kier molecular flexibility index (Phi) is 4.60. The van der Waals surface area contributed by atoms with Crippen LogP contribution in [0.15, 0.2) is 18.2 Å². The van der Waals surface area contributed by atoms with E-state index in [-0.39, 0.29) is 17.1 Å². The van der Waals surface area contributed by atoms with E-state index in [2.05, 4.69) is 10.6 Å². The van der Waals surface area contributed by atoms with Gasteiger partial charge in [0.15, 0.2) is 0 Å². The van der Waals surface area contributed by atoms with E-state index in [0.717, 1.165) is 25.9 Å². The first-order chi connectivity index (χ1) is 9.55. The first-order valence-corrected chi connectivity index (χ1v) is 7.00. The Labute approximate surface area is 118 Å². The van der Waals surface area contributed by atoms with E-state index in [9.17, 15) is 9.18 Å². The highest BCUT2D eigenvalue weighted by atomic mass is 19.1. The summed E-state index contributed by atoms with van der Waals surface area (Å²) >= 11 is 0. The van der Waals surface area contributed by atoms with Crippen LogP contribution in [-0.4, -0.2) is 25.6 Å². The van der Waals surface area contributed by atoms with Gasteiger partial charge in [0, 0.05) is 11.5 Å². The van der Waals surface area contributed by atoms with Gasteiger partial charge in [0.1, 0.15) is 11.6 Å². The molecule has 0 bridgehead atoms. The Bertz CT molecular complexity index is 485. The van der Waals surface area contributed by atoms with Crippen molar-refractivity contribution < 1.29 is 13.9 Å². The predicted octanol–water partition coefficient (Wildman–Crippen LogP) is 2.55. The first kappa shape index (κ1) is 14.8. The Morgan fingerprint density at radius 2 is 2.15 bits per heavy atom. The van der Waals surface area contributed by atoms with Gasteiger partial charge < -0.3 is 15.4 Å². The molecule has 1 saturated heterocycles. The first-order valence-electron chi connectivity index (χ1n) is 7.00. The molecule has 0 unspecified atom stereocenters. The molecule has 1 aromatic carbocycles. The smallest absolute Gasteiger partial charge is 0.230 e. The molecule has 1 aromatic rings. The molecule has 110 valence electrons. The molecule has 1 aliphatic rings. The summed E-state index contributed by atoms with van der Waals surface area (Å²) in [4.78, 5) is 12.4. The number of anilines is 1. The van der Waals surface area contributed by atoms with Gasteiger partial charge >= 0.3 is 0 Å². The molecule has 0 aromatic heterocycles. The molecule has 2 rings (SSSR count). The predicted molar refractivity (Wildman–Crippen MR) is 76.4 cm³/mol. The Hall–Kier alpha value is -1.62. The Balaban J connectivity index is 2.14. The van der Waals surface area contributed by atoms with Crippen LogP contribution in [0.5, 0.6) is 5.75 Å². The zero-order valence-corrected chi connectivity index (χ0v) is 12.0. The van der Waals surface area contributed by atoms with Crippen LogP contribution < -0.4 is 15.4 Å². The van der Waals surface area contributed by atoms with Crippen LogP contribution in [0.2, 0.25) is 0 Å². The molecular formula is C15H21FN2O2. The normalized spacial score (nSPS) is 17.6. The van der Waals surface area contributed by atoms with Gasteiger partial charge in [0.05, 0.1) is 12.3 Å². The molecule has 1 amide bonds. The van der Waals surface area contributed by atoms with Crippen molar-refractivity contribution in [3.05, 3.63) is 24.0 Å². The highest BCUT2D eigenvalue weighted by Gasteiger charge is 2.34. The fourth-order valence-electron chi connectivity index (χ4n) is 2.35. The fourth-order valence-corrected chi connectivity index (χ4v) is 2.35. The second-order valence-corrected chi connectivity index (χ2v) is 5.34. The highest BCUT2D eigenvalue weighted by molar-refractivity contribution is 5.96. The summed E-state index contributed by atoms with van der Waals surface area (Å²) in [7, 11) is 0. The van der Waals surface area contributed by atoms with Crippen molar-refractivity contribution in [3.8, 4) is 5.75 Å². The fraction of sp³-hybridized carbons (Fsp3) is 0.533. The lowest BCUT2D eigenvalue weighted by Crippen LogP contribution is -2.42. The topological polar surface area (TPSA) is 50.4 Å². The van der Waals surface area contributed by atoms with Crippen molar-refractivity contribution in [2.75, 3.05) is 25.0 Å². The molecule has 1 fully saturated rings. The van der Waals surface area contributed by atoms with Gasteiger partial charge in [-0.15, -0.1) is 0 Å². The second kappa shape index (κ2) is 6.22. The number of carbonyl (C=O) groups excluding carboxylic acids is 1. The van der Waals surface area contributed by atoms with Gasteiger partial charge in [0.2, 0.25) is 5.91 Å². The number of nitrogens with one attached hydrogen (secondary N) is 2. The largest absolute Gasteiger partial charge is 0.492 e. The van der Waals surface area contributed by atoms with E-state index in [4.69, 9.17) is 4.74 Å². The standard InChI is InChI=1S/C15H21FN2O2/c1-3-20-13-10-11(16)4-5-12(13)18-14(19)15(2)6-8-17-9-7-15/h4-5,10,17H,3,6-9H2,1-2H3,(H,18,19). The summed E-state index contributed by atoms with van der Waals surface area (Å²) in [5.74, 6) is -0.0375. The van der Waals surface area contributed by atoms with Gasteiger partial charge in [-0.05, 0) is 45.0 Å². The third-order valence-electron chi connectivity index (χ3n) is 3.75. The number of ether oxygens (including phenoxy) is 1. The van der Waals surface area contributed by atoms with Crippen molar-refractivity contribution in [2.45, 2.75) is 26.7 Å². The van der Waals surface area contributed by atoms with E-state index in [1.54, 1.807) is 6.07 Å². The van der Waals surface area contributed by atoms with Crippen molar-refractivity contribution in [1.29, 1.82) is 0 Å². The number of piperidine rings is 1. The van der Waals surface area contributed by atoms with Crippen molar-refractivity contribution in [1.82, 2.24) is 5.32 Å². The molecule has 0 aliphatic carbocycles. The van der Waals surface area contributed by atoms with E-state index in [1.807, 2.05) is 13.8 Å². The molecule has 4 nitrogen and oxygen atoms in total. The molecule has 2 N–H and O–H groups in total. The third-order valence-corrected chi connectivity index (χ3v) is 3.75. The zero-order chi connectivity index (χ0) is 14.6. The summed E-state index contributed by atoms with van der Waals surface area (Å²) in [6, 6.07) is 4.16. The molecule has 1 aliphatic heterocycles. The molecule has 20 heavy (non-hydrogen) atoms. The quantitative estimate of drug-likeness (QED) is 0.891. The van der Waals surface area contributed by atoms with E-state index < -0.39 is 0 Å². The van der Waals surface area contributed by atoms with Gasteiger partial charge in [0.25, 0.3) is 0 Å². The molecule has 5 heteroatoms. The number of hydrogen-bond acceptors (Lipinski definition) is 3. The monoisotopic (exact) mass is 280 g/mol. The van der Waals surface area contributed by atoms with Crippen molar-refractivity contribution >= 4 is 11.6 Å². The van der Waals surface area contributed by atoms with Crippen molar-refractivity contribution in [2.24, 2.45) is 5.41 Å². The van der Waals surface area contributed by atoms with Gasteiger partial charge in [-0.2, -0.15) is 0 Å². The average Bonchev–Trinajstić information content (AvgIpc) is 2.43. The average molecular weight is 280 g/mol. The second-order valence-electron chi connectivity index (χ2n) is 5.34. The lowest BCUT2D eigenvalue weighted by Gasteiger charge is -2.32. The molecular weight excluding hydrogens is 259 g/mol. The molecule has 0 saturated carbocycles. The van der Waals surface area contributed by atoms with E-state index in [0.29, 0.717) is 18.0 Å². The lowest BCUT2D eigenvalue weighted by atomic mass is 9.80. The summed E-state index contributed by atoms with van der Waals surface area (Å²) in [5.41, 5.74) is 0.140. The lowest BCUT2D eigenvalue weighted by molar-refractivity contribution is -0.126. The number of hydrogen-bond donors (Lipinski definition) is 2. The third kappa shape index (κ3) is 3.28. The molecule has 0 atom stereocenters. The zero-order valence-electron chi connectivity index (χ0n) is 12.0.